The molecule has 102 valence electrons. The average molecular weight is 253 g/mol. The third-order valence-electron chi connectivity index (χ3n) is 3.43. The number of nitrogens with zero attached hydrogens (tertiary/aromatic N) is 3. The number of rotatable bonds is 6. The molecule has 0 spiro atoms. The summed E-state index contributed by atoms with van der Waals surface area (Å²) in [7, 11) is 0. The molecule has 18 heavy (non-hydrogen) atoms. The quantitative estimate of drug-likeness (QED) is 0.835. The normalized spacial score (nSPS) is 19.9. The number of hydrogen-bond donors (Lipinski definition) is 1. The molecule has 1 saturated heterocycles. The van der Waals surface area contributed by atoms with Crippen molar-refractivity contribution in [3.63, 3.8) is 0 Å². The van der Waals surface area contributed by atoms with Crippen LogP contribution in [0.15, 0.2) is 0 Å². The van der Waals surface area contributed by atoms with E-state index in [0.717, 1.165) is 44.5 Å². The van der Waals surface area contributed by atoms with Gasteiger partial charge in [-0.05, 0) is 31.6 Å². The first-order valence-corrected chi connectivity index (χ1v) is 6.84. The molecule has 1 aliphatic rings. The van der Waals surface area contributed by atoms with E-state index in [4.69, 9.17) is 4.74 Å². The molecule has 2 heterocycles. The molecule has 1 aliphatic heterocycles. The summed E-state index contributed by atoms with van der Waals surface area (Å²) in [6.45, 7) is 5.99. The van der Waals surface area contributed by atoms with Crippen LogP contribution in [-0.4, -0.2) is 32.8 Å². The van der Waals surface area contributed by atoms with Crippen molar-refractivity contribution in [2.75, 3.05) is 6.61 Å². The summed E-state index contributed by atoms with van der Waals surface area (Å²) in [5.74, 6) is 0.641. The minimum absolute atomic E-state index is 0.0288. The molecule has 0 amide bonds. The molecule has 1 fully saturated rings. The molecule has 0 aliphatic carbocycles. The minimum Gasteiger partial charge on any atom is -0.390 e. The van der Waals surface area contributed by atoms with Gasteiger partial charge >= 0.3 is 0 Å². The lowest BCUT2D eigenvalue weighted by Gasteiger charge is -2.12. The maximum absolute atomic E-state index is 9.31. The van der Waals surface area contributed by atoms with E-state index in [2.05, 4.69) is 24.2 Å². The molecule has 0 bridgehead atoms. The first-order chi connectivity index (χ1) is 8.70. The highest BCUT2D eigenvalue weighted by molar-refractivity contribution is 5.09. The van der Waals surface area contributed by atoms with Crippen LogP contribution >= 0.6 is 0 Å². The maximum Gasteiger partial charge on any atom is 0.111 e. The number of aromatic nitrogens is 3. The van der Waals surface area contributed by atoms with E-state index in [1.165, 1.54) is 0 Å². The Morgan fingerprint density at radius 3 is 2.94 bits per heavy atom. The molecule has 1 N–H and O–H groups in total. The number of ether oxygens (including phenoxy) is 1. The predicted octanol–water partition coefficient (Wildman–Crippen LogP) is 1.54. The highest BCUT2D eigenvalue weighted by Gasteiger charge is 2.20. The molecule has 1 unspecified atom stereocenters. The largest absolute Gasteiger partial charge is 0.390 e. The van der Waals surface area contributed by atoms with E-state index in [9.17, 15) is 5.11 Å². The van der Waals surface area contributed by atoms with Crippen LogP contribution in [0.3, 0.4) is 0 Å². The Morgan fingerprint density at radius 1 is 1.50 bits per heavy atom. The van der Waals surface area contributed by atoms with Crippen LogP contribution in [0.2, 0.25) is 0 Å². The van der Waals surface area contributed by atoms with Gasteiger partial charge in [0.25, 0.3) is 0 Å². The highest BCUT2D eigenvalue weighted by Crippen LogP contribution is 2.17. The van der Waals surface area contributed by atoms with E-state index >= 15 is 0 Å². The van der Waals surface area contributed by atoms with Gasteiger partial charge < -0.3 is 9.84 Å². The van der Waals surface area contributed by atoms with E-state index in [1.807, 2.05) is 4.68 Å². The van der Waals surface area contributed by atoms with Crippen molar-refractivity contribution in [1.29, 1.82) is 0 Å². The minimum atomic E-state index is -0.0288. The lowest BCUT2D eigenvalue weighted by atomic mass is 10.1. The molecule has 1 atom stereocenters. The Morgan fingerprint density at radius 2 is 2.33 bits per heavy atom. The number of aliphatic hydroxyl groups excluding tert-OH is 1. The lowest BCUT2D eigenvalue weighted by molar-refractivity contribution is 0.0926. The highest BCUT2D eigenvalue weighted by atomic mass is 16.5. The van der Waals surface area contributed by atoms with Crippen LogP contribution in [0.4, 0.5) is 0 Å². The second kappa shape index (κ2) is 6.29. The molecule has 1 aromatic rings. The molecule has 1 aromatic heterocycles. The molecular weight excluding hydrogens is 230 g/mol. The van der Waals surface area contributed by atoms with Crippen LogP contribution in [0.5, 0.6) is 0 Å². The zero-order valence-corrected chi connectivity index (χ0v) is 11.3. The summed E-state index contributed by atoms with van der Waals surface area (Å²) in [6, 6.07) is 0. The summed E-state index contributed by atoms with van der Waals surface area (Å²) in [6.07, 6.45) is 4.50. The van der Waals surface area contributed by atoms with Gasteiger partial charge in [-0.3, -0.25) is 0 Å². The van der Waals surface area contributed by atoms with Crippen LogP contribution in [-0.2, 0) is 24.3 Å². The van der Waals surface area contributed by atoms with E-state index < -0.39 is 0 Å². The van der Waals surface area contributed by atoms with Gasteiger partial charge in [-0.2, -0.15) is 0 Å². The molecule has 5 nitrogen and oxygen atoms in total. The molecule has 5 heteroatoms. The van der Waals surface area contributed by atoms with Crippen molar-refractivity contribution in [3.05, 3.63) is 11.4 Å². The Hall–Kier alpha value is -0.940. The summed E-state index contributed by atoms with van der Waals surface area (Å²) < 4.78 is 7.55. The van der Waals surface area contributed by atoms with Gasteiger partial charge in [0.05, 0.1) is 24.9 Å². The first-order valence-electron chi connectivity index (χ1n) is 6.84. The Kier molecular flexibility index (Phi) is 4.72. The van der Waals surface area contributed by atoms with Gasteiger partial charge in [0.1, 0.15) is 5.69 Å². The summed E-state index contributed by atoms with van der Waals surface area (Å²) in [5.41, 5.74) is 1.79. The van der Waals surface area contributed by atoms with Gasteiger partial charge in [-0.1, -0.05) is 19.1 Å². The average Bonchev–Trinajstić information content (AvgIpc) is 2.96. The Balaban J connectivity index is 2.05. The summed E-state index contributed by atoms with van der Waals surface area (Å²) in [4.78, 5) is 0. The molecule has 2 rings (SSSR count). The Labute approximate surface area is 108 Å². The maximum atomic E-state index is 9.31. The zero-order chi connectivity index (χ0) is 13.0. The second-order valence-electron chi connectivity index (χ2n) is 5.39. The first kappa shape index (κ1) is 13.5. The fourth-order valence-electron chi connectivity index (χ4n) is 2.32. The molecule has 0 aromatic carbocycles. The van der Waals surface area contributed by atoms with Crippen molar-refractivity contribution in [3.8, 4) is 0 Å². The van der Waals surface area contributed by atoms with Gasteiger partial charge in [-0.15, -0.1) is 5.10 Å². The molecular formula is C13H23N3O2. The lowest BCUT2D eigenvalue weighted by Crippen LogP contribution is -2.18. The van der Waals surface area contributed by atoms with Gasteiger partial charge in [0.15, 0.2) is 0 Å². The standard InChI is InChI=1S/C13H23N3O2/c1-10(2)5-6-13-12(9-17)14-15-16(13)8-11-4-3-7-18-11/h10-11,17H,3-9H2,1-2H3. The fourth-order valence-corrected chi connectivity index (χ4v) is 2.32. The van der Waals surface area contributed by atoms with Crippen molar-refractivity contribution in [2.24, 2.45) is 5.92 Å². The van der Waals surface area contributed by atoms with E-state index in [1.54, 1.807) is 0 Å². The number of aliphatic hydroxyl groups is 1. The molecule has 0 saturated carbocycles. The smallest absolute Gasteiger partial charge is 0.111 e. The zero-order valence-electron chi connectivity index (χ0n) is 11.3. The van der Waals surface area contributed by atoms with Gasteiger partial charge in [0.2, 0.25) is 0 Å². The SMILES string of the molecule is CC(C)CCc1c(CO)nnn1CC1CCCO1. The Bertz CT molecular complexity index is 370. The van der Waals surface area contributed by atoms with Gasteiger partial charge in [-0.25, -0.2) is 4.68 Å². The third-order valence-corrected chi connectivity index (χ3v) is 3.43. The molecule has 0 radical (unpaired) electrons. The van der Waals surface area contributed by atoms with Crippen LogP contribution < -0.4 is 0 Å². The monoisotopic (exact) mass is 253 g/mol. The topological polar surface area (TPSA) is 60.2 Å². The number of hydrogen-bond acceptors (Lipinski definition) is 4. The van der Waals surface area contributed by atoms with Crippen LogP contribution in [0, 0.1) is 5.92 Å². The van der Waals surface area contributed by atoms with Crippen molar-refractivity contribution in [1.82, 2.24) is 15.0 Å². The van der Waals surface area contributed by atoms with Crippen molar-refractivity contribution >= 4 is 0 Å². The van der Waals surface area contributed by atoms with Crippen LogP contribution in [0.25, 0.3) is 0 Å². The fraction of sp³-hybridized carbons (Fsp3) is 0.846. The van der Waals surface area contributed by atoms with Crippen LogP contribution in [0.1, 0.15) is 44.5 Å². The summed E-state index contributed by atoms with van der Waals surface area (Å²) in [5, 5.41) is 17.5. The third kappa shape index (κ3) is 3.29. The summed E-state index contributed by atoms with van der Waals surface area (Å²) >= 11 is 0. The second-order valence-corrected chi connectivity index (χ2v) is 5.39. The van der Waals surface area contributed by atoms with Crippen molar-refractivity contribution < 1.29 is 9.84 Å². The van der Waals surface area contributed by atoms with Crippen molar-refractivity contribution in [2.45, 2.75) is 58.8 Å². The van der Waals surface area contributed by atoms with E-state index in [-0.39, 0.29) is 12.7 Å². The predicted molar refractivity (Wildman–Crippen MR) is 68.1 cm³/mol. The van der Waals surface area contributed by atoms with Gasteiger partial charge in [0, 0.05) is 6.61 Å². The van der Waals surface area contributed by atoms with E-state index in [0.29, 0.717) is 11.6 Å².